The lowest BCUT2D eigenvalue weighted by Gasteiger charge is -2.19. The summed E-state index contributed by atoms with van der Waals surface area (Å²) in [5.74, 6) is 0.851. The maximum Gasteiger partial charge on any atom is 0.251 e. The molecule has 3 rings (SSSR count). The predicted octanol–water partition coefficient (Wildman–Crippen LogP) is 3.67. The third kappa shape index (κ3) is 4.36. The molecular formula is C19H22N2O2S. The number of rotatable bonds is 6. The van der Waals surface area contributed by atoms with Crippen molar-refractivity contribution >= 4 is 17.7 Å². The maximum atomic E-state index is 12.4. The van der Waals surface area contributed by atoms with Crippen LogP contribution in [0, 0.1) is 0 Å². The van der Waals surface area contributed by atoms with Crippen LogP contribution >= 0.6 is 11.8 Å². The number of carbonyl (C=O) groups excluding carboxylic acids is 1. The SMILES string of the molecule is CO[C@@H]1CCC[C@@H]1NC(=O)c1ccc(SCc2cccnc2)cc1. The zero-order chi connectivity index (χ0) is 16.8. The number of ether oxygens (including phenoxy) is 1. The molecule has 0 unspecified atom stereocenters. The number of hydrogen-bond donors (Lipinski definition) is 1. The van der Waals surface area contributed by atoms with Crippen molar-refractivity contribution in [2.75, 3.05) is 7.11 Å². The van der Waals surface area contributed by atoms with Gasteiger partial charge in [-0.05, 0) is 55.2 Å². The Kier molecular flexibility index (Phi) is 5.88. The van der Waals surface area contributed by atoms with Crippen LogP contribution in [0.2, 0.25) is 0 Å². The smallest absolute Gasteiger partial charge is 0.251 e. The molecule has 1 N–H and O–H groups in total. The summed E-state index contributed by atoms with van der Waals surface area (Å²) < 4.78 is 5.43. The van der Waals surface area contributed by atoms with Gasteiger partial charge in [-0.25, -0.2) is 0 Å². The fraction of sp³-hybridized carbons (Fsp3) is 0.368. The molecule has 1 aliphatic rings. The highest BCUT2D eigenvalue weighted by Crippen LogP contribution is 2.24. The van der Waals surface area contributed by atoms with Gasteiger partial charge in [0.25, 0.3) is 5.91 Å². The molecule has 1 saturated carbocycles. The first-order valence-corrected chi connectivity index (χ1v) is 9.20. The monoisotopic (exact) mass is 342 g/mol. The van der Waals surface area contributed by atoms with E-state index in [1.165, 1.54) is 5.56 Å². The van der Waals surface area contributed by atoms with Gasteiger partial charge >= 0.3 is 0 Å². The molecule has 2 atom stereocenters. The van der Waals surface area contributed by atoms with Gasteiger partial charge in [-0.15, -0.1) is 11.8 Å². The van der Waals surface area contributed by atoms with E-state index in [9.17, 15) is 4.79 Å². The fourth-order valence-electron chi connectivity index (χ4n) is 2.98. The van der Waals surface area contributed by atoms with Gasteiger partial charge < -0.3 is 10.1 Å². The molecule has 0 bridgehead atoms. The molecule has 1 aromatic heterocycles. The summed E-state index contributed by atoms with van der Waals surface area (Å²) in [6, 6.07) is 11.9. The molecule has 1 aromatic carbocycles. The van der Waals surface area contributed by atoms with Crippen molar-refractivity contribution in [2.24, 2.45) is 0 Å². The first-order chi connectivity index (χ1) is 11.8. The van der Waals surface area contributed by atoms with Gasteiger partial charge in [-0.1, -0.05) is 6.07 Å². The minimum atomic E-state index is -0.0206. The Morgan fingerprint density at radius 2 is 2.12 bits per heavy atom. The molecule has 0 saturated heterocycles. The second-order valence-corrected chi connectivity index (χ2v) is 7.01. The Labute approximate surface area is 147 Å². The van der Waals surface area contributed by atoms with E-state index in [-0.39, 0.29) is 18.1 Å². The fourth-order valence-corrected chi connectivity index (χ4v) is 3.81. The van der Waals surface area contributed by atoms with Gasteiger partial charge in [0, 0.05) is 35.7 Å². The predicted molar refractivity (Wildman–Crippen MR) is 96.1 cm³/mol. The topological polar surface area (TPSA) is 51.2 Å². The van der Waals surface area contributed by atoms with E-state index < -0.39 is 0 Å². The van der Waals surface area contributed by atoms with Crippen molar-refractivity contribution in [3.05, 3.63) is 59.9 Å². The molecule has 1 amide bonds. The first-order valence-electron chi connectivity index (χ1n) is 8.21. The lowest BCUT2D eigenvalue weighted by Crippen LogP contribution is -2.40. The number of amides is 1. The maximum absolute atomic E-state index is 12.4. The van der Waals surface area contributed by atoms with Crippen molar-refractivity contribution in [2.45, 2.75) is 42.1 Å². The van der Waals surface area contributed by atoms with E-state index in [1.54, 1.807) is 25.1 Å². The van der Waals surface area contributed by atoms with Crippen LogP contribution in [0.25, 0.3) is 0 Å². The van der Waals surface area contributed by atoms with E-state index >= 15 is 0 Å². The standard InChI is InChI=1S/C19H22N2O2S/c1-23-18-6-2-5-17(18)21-19(22)15-7-9-16(10-8-15)24-13-14-4-3-11-20-12-14/h3-4,7-12,17-18H,2,5-6,13H2,1H3,(H,21,22)/t17-,18+/m0/s1. The highest BCUT2D eigenvalue weighted by molar-refractivity contribution is 7.98. The molecule has 0 aliphatic heterocycles. The second-order valence-electron chi connectivity index (χ2n) is 5.96. The van der Waals surface area contributed by atoms with Crippen LogP contribution in [0.1, 0.15) is 35.2 Å². The number of hydrogen-bond acceptors (Lipinski definition) is 4. The summed E-state index contributed by atoms with van der Waals surface area (Å²) in [5.41, 5.74) is 1.89. The largest absolute Gasteiger partial charge is 0.379 e. The first kappa shape index (κ1) is 17.0. The lowest BCUT2D eigenvalue weighted by atomic mass is 10.1. The number of nitrogens with zero attached hydrogens (tertiary/aromatic N) is 1. The van der Waals surface area contributed by atoms with Crippen LogP contribution in [0.4, 0.5) is 0 Å². The van der Waals surface area contributed by atoms with Crippen LogP contribution in [0.15, 0.2) is 53.7 Å². The van der Waals surface area contributed by atoms with Gasteiger partial charge in [0.2, 0.25) is 0 Å². The van der Waals surface area contributed by atoms with E-state index in [0.29, 0.717) is 5.56 Å². The summed E-state index contributed by atoms with van der Waals surface area (Å²) in [7, 11) is 1.71. The highest BCUT2D eigenvalue weighted by Gasteiger charge is 2.28. The molecular weight excluding hydrogens is 320 g/mol. The van der Waals surface area contributed by atoms with Crippen LogP contribution in [0.3, 0.4) is 0 Å². The number of methoxy groups -OCH3 is 1. The number of nitrogens with one attached hydrogen (secondary N) is 1. The highest BCUT2D eigenvalue weighted by atomic mass is 32.2. The van der Waals surface area contributed by atoms with Crippen LogP contribution in [-0.2, 0) is 10.5 Å². The quantitative estimate of drug-likeness (QED) is 0.814. The van der Waals surface area contributed by atoms with Crippen molar-refractivity contribution in [1.29, 1.82) is 0 Å². The molecule has 126 valence electrons. The van der Waals surface area contributed by atoms with Gasteiger partial charge in [0.15, 0.2) is 0 Å². The van der Waals surface area contributed by atoms with Gasteiger partial charge in [-0.2, -0.15) is 0 Å². The van der Waals surface area contributed by atoms with Crippen molar-refractivity contribution in [3.8, 4) is 0 Å². The van der Waals surface area contributed by atoms with E-state index in [4.69, 9.17) is 4.74 Å². The Morgan fingerprint density at radius 1 is 1.29 bits per heavy atom. The molecule has 24 heavy (non-hydrogen) atoms. The van der Waals surface area contributed by atoms with E-state index in [2.05, 4.69) is 16.4 Å². The molecule has 0 spiro atoms. The Morgan fingerprint density at radius 3 is 2.83 bits per heavy atom. The number of carbonyl (C=O) groups is 1. The zero-order valence-corrected chi connectivity index (χ0v) is 14.6. The molecule has 0 radical (unpaired) electrons. The number of benzene rings is 1. The molecule has 1 fully saturated rings. The molecule has 5 heteroatoms. The minimum absolute atomic E-state index is 0.0206. The number of pyridine rings is 1. The summed E-state index contributed by atoms with van der Waals surface area (Å²) in [5, 5.41) is 3.09. The van der Waals surface area contributed by atoms with Crippen LogP contribution in [-0.4, -0.2) is 30.1 Å². The third-order valence-corrected chi connectivity index (χ3v) is 5.40. The molecule has 1 aliphatic carbocycles. The van der Waals surface area contributed by atoms with E-state index in [0.717, 1.165) is 29.9 Å². The lowest BCUT2D eigenvalue weighted by molar-refractivity contribution is 0.0722. The molecule has 1 heterocycles. The molecule has 4 nitrogen and oxygen atoms in total. The minimum Gasteiger partial charge on any atom is -0.379 e. The Bertz CT molecular complexity index is 661. The second kappa shape index (κ2) is 8.31. The Balaban J connectivity index is 1.54. The van der Waals surface area contributed by atoms with Crippen LogP contribution in [0.5, 0.6) is 0 Å². The zero-order valence-electron chi connectivity index (χ0n) is 13.8. The van der Waals surface area contributed by atoms with Crippen molar-refractivity contribution in [1.82, 2.24) is 10.3 Å². The Hall–Kier alpha value is -1.85. The van der Waals surface area contributed by atoms with Gasteiger partial charge in [0.05, 0.1) is 12.1 Å². The summed E-state index contributed by atoms with van der Waals surface area (Å²) >= 11 is 1.74. The normalized spacial score (nSPS) is 20.0. The average molecular weight is 342 g/mol. The average Bonchev–Trinajstić information content (AvgIpc) is 3.08. The van der Waals surface area contributed by atoms with Gasteiger partial charge in [-0.3, -0.25) is 9.78 Å². The van der Waals surface area contributed by atoms with E-state index in [1.807, 2.05) is 36.5 Å². The van der Waals surface area contributed by atoms with Crippen molar-refractivity contribution in [3.63, 3.8) is 0 Å². The summed E-state index contributed by atoms with van der Waals surface area (Å²) in [4.78, 5) is 17.6. The number of thioether (sulfide) groups is 1. The van der Waals surface area contributed by atoms with Crippen LogP contribution < -0.4 is 5.32 Å². The molecule has 2 aromatic rings. The summed E-state index contributed by atoms with van der Waals surface area (Å²) in [6.45, 7) is 0. The third-order valence-electron chi connectivity index (χ3n) is 4.32. The van der Waals surface area contributed by atoms with Crippen molar-refractivity contribution < 1.29 is 9.53 Å². The summed E-state index contributed by atoms with van der Waals surface area (Å²) in [6.07, 6.45) is 6.91. The van der Waals surface area contributed by atoms with Gasteiger partial charge in [0.1, 0.15) is 0 Å². The number of aromatic nitrogens is 1.